The number of para-hydroxylation sites is 1. The Labute approximate surface area is 375 Å². The fourth-order valence-corrected chi connectivity index (χ4v) is 11.4. The molecule has 1 aliphatic carbocycles. The molecule has 0 unspecified atom stereocenters. The van der Waals surface area contributed by atoms with Gasteiger partial charge in [0.15, 0.2) is 17.5 Å². The Morgan fingerprint density at radius 1 is 0.328 bits per heavy atom. The SMILES string of the molecule is c1ccc(-c2nc(-c3ccccc3)nc(-c3ccc(-c4cccc(-c5nc6ccccc6c6c7c(ccc56)C5(c6ccccc6Sc6ccccc65)c5ccccc5-7)c4)cc3)n2)cc1. The molecule has 2 aliphatic rings. The lowest BCUT2D eigenvalue weighted by atomic mass is 9.67. The van der Waals surface area contributed by atoms with Gasteiger partial charge in [-0.15, -0.1) is 0 Å². The van der Waals surface area contributed by atoms with Crippen LogP contribution in [0.25, 0.3) is 89.4 Å². The first-order valence-corrected chi connectivity index (χ1v) is 22.4. The minimum Gasteiger partial charge on any atom is -0.247 e. The molecule has 1 spiro atoms. The Kier molecular flexibility index (Phi) is 8.33. The lowest BCUT2D eigenvalue weighted by Crippen LogP contribution is -2.31. The van der Waals surface area contributed by atoms with E-state index in [-0.39, 0.29) is 0 Å². The van der Waals surface area contributed by atoms with Crippen molar-refractivity contribution < 1.29 is 0 Å². The van der Waals surface area contributed by atoms with E-state index in [1.807, 2.05) is 72.4 Å². The van der Waals surface area contributed by atoms with Crippen LogP contribution < -0.4 is 0 Å². The normalized spacial score (nSPS) is 13.1. The standard InChI is InChI=1S/C59H36N4S/c1-3-16-38(17-4-1)56-61-57(39-18-5-2-6-19-39)63-58(62-56)40-32-30-37(31-33-40)41-20-15-21-42(36-41)55-45-34-35-49-54(53(45)44-23-8-12-27-50(44)60-55)43-22-7-9-24-46(43)59(49)47-25-10-13-28-51(47)64-52-29-14-11-26-48(52)59/h1-36H. The van der Waals surface area contributed by atoms with E-state index in [0.717, 1.165) is 55.4 Å². The summed E-state index contributed by atoms with van der Waals surface area (Å²) in [7, 11) is 0. The van der Waals surface area contributed by atoms with Gasteiger partial charge in [0, 0.05) is 48.2 Å². The van der Waals surface area contributed by atoms with Gasteiger partial charge >= 0.3 is 0 Å². The third-order valence-electron chi connectivity index (χ3n) is 13.0. The van der Waals surface area contributed by atoms with Crippen LogP contribution in [0.2, 0.25) is 0 Å². The lowest BCUT2D eigenvalue weighted by molar-refractivity contribution is 0.723. The fraction of sp³-hybridized carbons (Fsp3) is 0.0169. The summed E-state index contributed by atoms with van der Waals surface area (Å²) in [6.07, 6.45) is 0. The molecule has 0 amide bonds. The van der Waals surface area contributed by atoms with Gasteiger partial charge in [-0.05, 0) is 68.8 Å². The number of rotatable bonds is 5. The van der Waals surface area contributed by atoms with Crippen molar-refractivity contribution in [3.05, 3.63) is 241 Å². The summed E-state index contributed by atoms with van der Waals surface area (Å²) in [5.74, 6) is 1.93. The molecule has 0 fully saturated rings. The Balaban J connectivity index is 0.961. The molecule has 1 aliphatic heterocycles. The van der Waals surface area contributed by atoms with Gasteiger partial charge in [0.1, 0.15) is 0 Å². The monoisotopic (exact) mass is 832 g/mol. The maximum atomic E-state index is 5.46. The van der Waals surface area contributed by atoms with Crippen molar-refractivity contribution in [2.75, 3.05) is 0 Å². The summed E-state index contributed by atoms with van der Waals surface area (Å²) in [4.78, 5) is 22.9. The lowest BCUT2D eigenvalue weighted by Gasteiger charge is -2.39. The van der Waals surface area contributed by atoms with E-state index in [1.165, 1.54) is 48.6 Å². The second-order valence-corrected chi connectivity index (χ2v) is 17.6. The van der Waals surface area contributed by atoms with Gasteiger partial charge in [-0.2, -0.15) is 0 Å². The molecular weight excluding hydrogens is 797 g/mol. The number of fused-ring (bicyclic) bond motifs is 13. The van der Waals surface area contributed by atoms with E-state index in [9.17, 15) is 0 Å². The van der Waals surface area contributed by atoms with E-state index in [4.69, 9.17) is 19.9 Å². The van der Waals surface area contributed by atoms with Crippen molar-refractivity contribution in [1.82, 2.24) is 19.9 Å². The topological polar surface area (TPSA) is 51.6 Å². The van der Waals surface area contributed by atoms with Gasteiger partial charge in [0.05, 0.1) is 16.6 Å². The van der Waals surface area contributed by atoms with Crippen molar-refractivity contribution >= 4 is 33.4 Å². The summed E-state index contributed by atoms with van der Waals surface area (Å²) in [5, 5.41) is 3.54. The zero-order valence-corrected chi connectivity index (χ0v) is 35.3. The van der Waals surface area contributed by atoms with Crippen LogP contribution in [-0.4, -0.2) is 19.9 Å². The molecule has 2 aromatic heterocycles. The Morgan fingerprint density at radius 3 is 1.52 bits per heavy atom. The number of hydrogen-bond donors (Lipinski definition) is 0. The van der Waals surface area contributed by atoms with Crippen molar-refractivity contribution in [3.63, 3.8) is 0 Å². The molecule has 0 N–H and O–H groups in total. The van der Waals surface area contributed by atoms with Gasteiger partial charge in [0.2, 0.25) is 0 Å². The predicted octanol–water partition coefficient (Wildman–Crippen LogP) is 14.7. The molecule has 5 heteroatoms. The van der Waals surface area contributed by atoms with Gasteiger partial charge in [-0.25, -0.2) is 19.9 Å². The first-order valence-electron chi connectivity index (χ1n) is 21.6. The molecule has 9 aromatic carbocycles. The Morgan fingerprint density at radius 2 is 0.844 bits per heavy atom. The highest BCUT2D eigenvalue weighted by Crippen LogP contribution is 2.63. The van der Waals surface area contributed by atoms with Crippen LogP contribution in [0.15, 0.2) is 228 Å². The first kappa shape index (κ1) is 36.6. The second kappa shape index (κ2) is 14.6. The van der Waals surface area contributed by atoms with Gasteiger partial charge in [-0.3, -0.25) is 0 Å². The number of benzene rings is 9. The summed E-state index contributed by atoms with van der Waals surface area (Å²) < 4.78 is 0. The van der Waals surface area contributed by atoms with Gasteiger partial charge < -0.3 is 0 Å². The molecule has 13 rings (SSSR count). The Bertz CT molecular complexity index is 3540. The maximum Gasteiger partial charge on any atom is 0.164 e. The third kappa shape index (κ3) is 5.57. The van der Waals surface area contributed by atoms with E-state index in [2.05, 4.69) is 158 Å². The zero-order valence-electron chi connectivity index (χ0n) is 34.5. The molecule has 4 nitrogen and oxygen atoms in total. The van der Waals surface area contributed by atoms with E-state index in [0.29, 0.717) is 17.5 Å². The van der Waals surface area contributed by atoms with Crippen molar-refractivity contribution in [2.45, 2.75) is 15.2 Å². The van der Waals surface area contributed by atoms with E-state index in [1.54, 1.807) is 0 Å². The van der Waals surface area contributed by atoms with Crippen LogP contribution in [-0.2, 0) is 5.41 Å². The largest absolute Gasteiger partial charge is 0.247 e. The van der Waals surface area contributed by atoms with Crippen LogP contribution in [0, 0.1) is 0 Å². The highest BCUT2D eigenvalue weighted by atomic mass is 32.2. The number of hydrogen-bond acceptors (Lipinski definition) is 5. The molecule has 0 saturated heterocycles. The van der Waals surface area contributed by atoms with E-state index >= 15 is 0 Å². The minimum absolute atomic E-state index is 0.456. The summed E-state index contributed by atoms with van der Waals surface area (Å²) in [5.41, 5.74) is 15.5. The molecule has 0 atom stereocenters. The molecule has 0 bridgehead atoms. The Hall–Kier alpha value is -7.99. The van der Waals surface area contributed by atoms with Crippen LogP contribution in [0.3, 0.4) is 0 Å². The molecule has 0 saturated carbocycles. The van der Waals surface area contributed by atoms with Gasteiger partial charge in [-0.1, -0.05) is 206 Å². The molecular formula is C59H36N4S. The number of pyridine rings is 1. The third-order valence-corrected chi connectivity index (χ3v) is 14.1. The predicted molar refractivity (Wildman–Crippen MR) is 261 cm³/mol. The highest BCUT2D eigenvalue weighted by Gasteiger charge is 2.50. The smallest absolute Gasteiger partial charge is 0.164 e. The quantitative estimate of drug-likeness (QED) is 0.162. The average Bonchev–Trinajstić information content (AvgIpc) is 3.67. The zero-order chi connectivity index (χ0) is 42.2. The number of nitrogens with zero attached hydrogens (tertiary/aromatic N) is 4. The molecule has 298 valence electrons. The van der Waals surface area contributed by atoms with Crippen molar-refractivity contribution in [3.8, 4) is 67.7 Å². The molecule has 64 heavy (non-hydrogen) atoms. The summed E-state index contributed by atoms with van der Waals surface area (Å²) >= 11 is 1.88. The molecule has 0 radical (unpaired) electrons. The fourth-order valence-electron chi connectivity index (χ4n) is 10.2. The minimum atomic E-state index is -0.456. The van der Waals surface area contributed by atoms with E-state index < -0.39 is 5.41 Å². The van der Waals surface area contributed by atoms with Crippen LogP contribution >= 0.6 is 11.8 Å². The van der Waals surface area contributed by atoms with Crippen molar-refractivity contribution in [2.24, 2.45) is 0 Å². The van der Waals surface area contributed by atoms with Crippen LogP contribution in [0.4, 0.5) is 0 Å². The van der Waals surface area contributed by atoms with Crippen LogP contribution in [0.1, 0.15) is 22.3 Å². The van der Waals surface area contributed by atoms with Crippen LogP contribution in [0.5, 0.6) is 0 Å². The summed E-state index contributed by atoms with van der Waals surface area (Å²) in [6.45, 7) is 0. The molecule has 3 heterocycles. The number of aromatic nitrogens is 4. The highest BCUT2D eigenvalue weighted by molar-refractivity contribution is 7.99. The summed E-state index contributed by atoms with van der Waals surface area (Å²) in [6, 6.07) is 78.0. The van der Waals surface area contributed by atoms with Crippen molar-refractivity contribution in [1.29, 1.82) is 0 Å². The maximum absolute atomic E-state index is 5.46. The van der Waals surface area contributed by atoms with Gasteiger partial charge in [0.25, 0.3) is 0 Å². The molecule has 11 aromatic rings. The first-order chi connectivity index (χ1) is 31.7. The average molecular weight is 833 g/mol. The second-order valence-electron chi connectivity index (χ2n) is 16.5.